The number of nitrogens with zero attached hydrogens (tertiary/aromatic N) is 1. The van der Waals surface area contributed by atoms with Crippen LogP contribution < -0.4 is 5.32 Å². The fraction of sp³-hybridized carbons (Fsp3) is 0.733. The first-order chi connectivity index (χ1) is 8.83. The van der Waals surface area contributed by atoms with Crippen molar-refractivity contribution in [3.63, 3.8) is 0 Å². The van der Waals surface area contributed by atoms with Crippen molar-refractivity contribution in [3.05, 3.63) is 21.9 Å². The lowest BCUT2D eigenvalue weighted by Gasteiger charge is -2.18. The molecule has 0 unspecified atom stereocenters. The summed E-state index contributed by atoms with van der Waals surface area (Å²) in [5, 5.41) is 3.59. The van der Waals surface area contributed by atoms with Crippen molar-refractivity contribution in [2.24, 2.45) is 5.92 Å². The molecule has 2 saturated carbocycles. The molecule has 0 atom stereocenters. The number of rotatable bonds is 8. The Bertz CT molecular complexity index is 380. The molecule has 3 heteroatoms. The lowest BCUT2D eigenvalue weighted by atomic mass is 10.3. The predicted octanol–water partition coefficient (Wildman–Crippen LogP) is 3.23. The van der Waals surface area contributed by atoms with Gasteiger partial charge in [0.25, 0.3) is 0 Å². The van der Waals surface area contributed by atoms with Crippen molar-refractivity contribution >= 4 is 11.3 Å². The summed E-state index contributed by atoms with van der Waals surface area (Å²) in [6.45, 7) is 7.00. The van der Waals surface area contributed by atoms with Gasteiger partial charge >= 0.3 is 0 Å². The third-order valence-corrected chi connectivity index (χ3v) is 4.97. The standard InChI is InChI=1S/C15H24N2S/c1-2-17(10-12-3-4-12)11-15-8-7-14(18-15)9-16-13-5-6-13/h7-8,12-13,16H,2-6,9-11H2,1H3. The number of hydrogen-bond donors (Lipinski definition) is 1. The SMILES string of the molecule is CCN(Cc1ccc(CNC2CC2)s1)CC1CC1. The van der Waals surface area contributed by atoms with E-state index in [1.165, 1.54) is 48.5 Å². The van der Waals surface area contributed by atoms with E-state index in [0.717, 1.165) is 25.0 Å². The van der Waals surface area contributed by atoms with Gasteiger partial charge in [-0.25, -0.2) is 0 Å². The molecule has 0 aromatic carbocycles. The Hall–Kier alpha value is -0.380. The Labute approximate surface area is 114 Å². The van der Waals surface area contributed by atoms with Crippen LogP contribution in [0.15, 0.2) is 12.1 Å². The predicted molar refractivity (Wildman–Crippen MR) is 77.9 cm³/mol. The Morgan fingerprint density at radius 3 is 2.67 bits per heavy atom. The highest BCUT2D eigenvalue weighted by molar-refractivity contribution is 7.11. The van der Waals surface area contributed by atoms with Crippen LogP contribution in [-0.2, 0) is 13.1 Å². The summed E-state index contributed by atoms with van der Waals surface area (Å²) >= 11 is 1.99. The van der Waals surface area contributed by atoms with Crippen molar-refractivity contribution in [1.29, 1.82) is 0 Å². The van der Waals surface area contributed by atoms with E-state index in [1.54, 1.807) is 0 Å². The molecule has 1 N–H and O–H groups in total. The van der Waals surface area contributed by atoms with Gasteiger partial charge in [0.2, 0.25) is 0 Å². The Kier molecular flexibility index (Phi) is 4.02. The minimum absolute atomic E-state index is 0.817. The van der Waals surface area contributed by atoms with Crippen LogP contribution in [0.1, 0.15) is 42.4 Å². The third-order valence-electron chi connectivity index (χ3n) is 3.90. The molecule has 0 bridgehead atoms. The summed E-state index contributed by atoms with van der Waals surface area (Å²) in [6.07, 6.45) is 5.67. The van der Waals surface area contributed by atoms with Gasteiger partial charge in [-0.2, -0.15) is 0 Å². The maximum atomic E-state index is 3.59. The van der Waals surface area contributed by atoms with E-state index in [0.29, 0.717) is 0 Å². The molecule has 0 aliphatic heterocycles. The smallest absolute Gasteiger partial charge is 0.0328 e. The monoisotopic (exact) mass is 264 g/mol. The van der Waals surface area contributed by atoms with Crippen molar-refractivity contribution in [2.45, 2.75) is 51.7 Å². The van der Waals surface area contributed by atoms with Gasteiger partial charge in [-0.1, -0.05) is 6.92 Å². The fourth-order valence-corrected chi connectivity index (χ4v) is 3.34. The second kappa shape index (κ2) is 5.72. The molecule has 1 heterocycles. The molecule has 18 heavy (non-hydrogen) atoms. The molecule has 2 aliphatic carbocycles. The van der Waals surface area contributed by atoms with Gasteiger partial charge in [0, 0.05) is 35.4 Å². The quantitative estimate of drug-likeness (QED) is 0.775. The van der Waals surface area contributed by atoms with E-state index in [1.807, 2.05) is 11.3 Å². The Balaban J connectivity index is 1.47. The summed E-state index contributed by atoms with van der Waals surface area (Å²) in [7, 11) is 0. The van der Waals surface area contributed by atoms with Crippen LogP contribution in [0.4, 0.5) is 0 Å². The minimum atomic E-state index is 0.817. The highest BCUT2D eigenvalue weighted by Crippen LogP contribution is 2.30. The van der Waals surface area contributed by atoms with Crippen LogP contribution in [0.25, 0.3) is 0 Å². The zero-order valence-corrected chi connectivity index (χ0v) is 12.1. The summed E-state index contributed by atoms with van der Waals surface area (Å²) < 4.78 is 0. The molecule has 2 aliphatic rings. The van der Waals surface area contributed by atoms with Crippen LogP contribution >= 0.6 is 11.3 Å². The zero-order valence-electron chi connectivity index (χ0n) is 11.3. The summed E-state index contributed by atoms with van der Waals surface area (Å²) in [5.41, 5.74) is 0. The van der Waals surface area contributed by atoms with Crippen molar-refractivity contribution < 1.29 is 0 Å². The maximum Gasteiger partial charge on any atom is 0.0328 e. The van der Waals surface area contributed by atoms with E-state index >= 15 is 0 Å². The first-order valence-corrected chi connectivity index (χ1v) is 8.18. The second-order valence-corrected chi connectivity index (χ2v) is 7.05. The van der Waals surface area contributed by atoms with E-state index in [2.05, 4.69) is 29.3 Å². The number of nitrogens with one attached hydrogen (secondary N) is 1. The van der Waals surface area contributed by atoms with Crippen LogP contribution in [0, 0.1) is 5.92 Å². The fourth-order valence-electron chi connectivity index (χ4n) is 2.33. The highest BCUT2D eigenvalue weighted by Gasteiger charge is 2.24. The summed E-state index contributed by atoms with van der Waals surface area (Å²) in [4.78, 5) is 5.63. The van der Waals surface area contributed by atoms with E-state index < -0.39 is 0 Å². The molecule has 100 valence electrons. The van der Waals surface area contributed by atoms with Gasteiger partial charge < -0.3 is 5.32 Å². The van der Waals surface area contributed by atoms with Gasteiger partial charge in [0.1, 0.15) is 0 Å². The maximum absolute atomic E-state index is 3.59. The van der Waals surface area contributed by atoms with Gasteiger partial charge in [-0.05, 0) is 50.3 Å². The van der Waals surface area contributed by atoms with Gasteiger partial charge in [-0.3, -0.25) is 4.90 Å². The lowest BCUT2D eigenvalue weighted by Crippen LogP contribution is -2.24. The van der Waals surface area contributed by atoms with E-state index in [9.17, 15) is 0 Å². The van der Waals surface area contributed by atoms with Crippen LogP contribution in [0.2, 0.25) is 0 Å². The Morgan fingerprint density at radius 1 is 1.22 bits per heavy atom. The molecule has 1 aromatic rings. The highest BCUT2D eigenvalue weighted by atomic mass is 32.1. The molecule has 2 nitrogen and oxygen atoms in total. The van der Waals surface area contributed by atoms with Gasteiger partial charge in [-0.15, -0.1) is 11.3 Å². The largest absolute Gasteiger partial charge is 0.309 e. The molecule has 2 fully saturated rings. The van der Waals surface area contributed by atoms with Gasteiger partial charge in [0.05, 0.1) is 0 Å². The Morgan fingerprint density at radius 2 is 2.00 bits per heavy atom. The van der Waals surface area contributed by atoms with E-state index in [4.69, 9.17) is 0 Å². The van der Waals surface area contributed by atoms with Crippen molar-refractivity contribution in [3.8, 4) is 0 Å². The average molecular weight is 264 g/mol. The van der Waals surface area contributed by atoms with Crippen molar-refractivity contribution in [1.82, 2.24) is 10.2 Å². The average Bonchev–Trinajstić information content (AvgIpc) is 3.28. The van der Waals surface area contributed by atoms with Crippen LogP contribution in [0.3, 0.4) is 0 Å². The summed E-state index contributed by atoms with van der Waals surface area (Å²) in [5.74, 6) is 1.00. The lowest BCUT2D eigenvalue weighted by molar-refractivity contribution is 0.271. The molecule has 0 spiro atoms. The molecule has 0 saturated heterocycles. The first-order valence-electron chi connectivity index (χ1n) is 7.37. The summed E-state index contributed by atoms with van der Waals surface area (Å²) in [6, 6.07) is 5.45. The second-order valence-electron chi connectivity index (χ2n) is 5.79. The molecule has 3 rings (SSSR count). The van der Waals surface area contributed by atoms with Crippen LogP contribution in [0.5, 0.6) is 0 Å². The normalized spacial score (nSPS) is 19.7. The number of hydrogen-bond acceptors (Lipinski definition) is 3. The third kappa shape index (κ3) is 3.81. The number of thiophene rings is 1. The molecule has 1 aromatic heterocycles. The minimum Gasteiger partial charge on any atom is -0.309 e. The molecule has 0 amide bonds. The molecule has 0 radical (unpaired) electrons. The topological polar surface area (TPSA) is 15.3 Å². The van der Waals surface area contributed by atoms with Crippen molar-refractivity contribution in [2.75, 3.05) is 13.1 Å². The molecular formula is C15H24N2S. The molecular weight excluding hydrogens is 240 g/mol. The van der Waals surface area contributed by atoms with E-state index in [-0.39, 0.29) is 0 Å². The van der Waals surface area contributed by atoms with Gasteiger partial charge in [0.15, 0.2) is 0 Å². The first kappa shape index (κ1) is 12.6. The zero-order chi connectivity index (χ0) is 12.4. The van der Waals surface area contributed by atoms with Crippen LogP contribution in [-0.4, -0.2) is 24.0 Å².